The molecule has 0 bridgehead atoms. The predicted octanol–water partition coefficient (Wildman–Crippen LogP) is 3.43. The number of carboxylic acids is 1. The molecule has 0 aliphatic heterocycles. The highest BCUT2D eigenvalue weighted by atomic mass is 16.4. The lowest BCUT2D eigenvalue weighted by atomic mass is 9.95. The Hall–Kier alpha value is -2.60. The molecule has 96 valence electrons. The van der Waals surface area contributed by atoms with Crippen molar-refractivity contribution in [3.05, 3.63) is 65.8 Å². The van der Waals surface area contributed by atoms with Crippen LogP contribution in [0.25, 0.3) is 6.08 Å². The first-order valence-electron chi connectivity index (χ1n) is 5.79. The fourth-order valence-electron chi connectivity index (χ4n) is 1.62. The zero-order valence-corrected chi connectivity index (χ0v) is 10.7. The van der Waals surface area contributed by atoms with Crippen molar-refractivity contribution < 1.29 is 9.90 Å². The first kappa shape index (κ1) is 14.5. The molecule has 1 aromatic rings. The molecule has 0 aliphatic carbocycles. The molecule has 0 aliphatic rings. The van der Waals surface area contributed by atoms with Gasteiger partial charge in [-0.1, -0.05) is 42.5 Å². The van der Waals surface area contributed by atoms with Crippen molar-refractivity contribution in [3.8, 4) is 6.07 Å². The first-order valence-corrected chi connectivity index (χ1v) is 5.79. The highest BCUT2D eigenvalue weighted by Gasteiger charge is 2.17. The van der Waals surface area contributed by atoms with Crippen LogP contribution in [-0.2, 0) is 4.79 Å². The van der Waals surface area contributed by atoms with Crippen molar-refractivity contribution in [2.45, 2.75) is 6.92 Å². The molecule has 0 saturated heterocycles. The van der Waals surface area contributed by atoms with Crippen LogP contribution in [-0.4, -0.2) is 11.1 Å². The average molecular weight is 253 g/mol. The summed E-state index contributed by atoms with van der Waals surface area (Å²) in [6.45, 7) is 5.18. The molecular weight excluding hydrogens is 238 g/mol. The van der Waals surface area contributed by atoms with Gasteiger partial charge in [0, 0.05) is 5.57 Å². The Kier molecular flexibility index (Phi) is 5.31. The predicted molar refractivity (Wildman–Crippen MR) is 75.1 cm³/mol. The second-order valence-corrected chi connectivity index (χ2v) is 4.05. The van der Waals surface area contributed by atoms with Crippen molar-refractivity contribution in [2.24, 2.45) is 5.92 Å². The number of hydrogen-bond acceptors (Lipinski definition) is 2. The van der Waals surface area contributed by atoms with Crippen LogP contribution in [0.3, 0.4) is 0 Å². The van der Waals surface area contributed by atoms with Gasteiger partial charge in [-0.05, 0) is 24.1 Å². The average Bonchev–Trinajstić information content (AvgIpc) is 2.40. The lowest BCUT2D eigenvalue weighted by Gasteiger charge is -2.09. The van der Waals surface area contributed by atoms with Gasteiger partial charge in [-0.2, -0.15) is 5.26 Å². The van der Waals surface area contributed by atoms with Crippen LogP contribution in [0.4, 0.5) is 0 Å². The van der Waals surface area contributed by atoms with E-state index in [1.54, 1.807) is 19.1 Å². The van der Waals surface area contributed by atoms with E-state index < -0.39 is 11.9 Å². The number of hydrogen-bond donors (Lipinski definition) is 1. The van der Waals surface area contributed by atoms with Crippen molar-refractivity contribution in [1.29, 1.82) is 5.26 Å². The molecule has 0 heterocycles. The van der Waals surface area contributed by atoms with Gasteiger partial charge in [0.15, 0.2) is 0 Å². The van der Waals surface area contributed by atoms with E-state index in [0.717, 1.165) is 5.56 Å². The van der Waals surface area contributed by atoms with Crippen LogP contribution in [0.5, 0.6) is 0 Å². The summed E-state index contributed by atoms with van der Waals surface area (Å²) in [5.74, 6) is -1.82. The Labute approximate surface area is 112 Å². The molecule has 1 rings (SSSR count). The molecule has 1 N–H and O–H groups in total. The molecule has 0 radical (unpaired) electrons. The van der Waals surface area contributed by atoms with Crippen LogP contribution >= 0.6 is 0 Å². The highest BCUT2D eigenvalue weighted by Crippen LogP contribution is 2.20. The minimum Gasteiger partial charge on any atom is -0.481 e. The van der Waals surface area contributed by atoms with Gasteiger partial charge in [0.2, 0.25) is 0 Å². The number of nitriles is 1. The molecule has 3 nitrogen and oxygen atoms in total. The maximum Gasteiger partial charge on any atom is 0.314 e. The maximum atomic E-state index is 11.2. The zero-order chi connectivity index (χ0) is 14.3. The number of rotatable bonds is 5. The summed E-state index contributed by atoms with van der Waals surface area (Å²) >= 11 is 0. The molecule has 1 aromatic carbocycles. The fraction of sp³-hybridized carbons (Fsp3) is 0.125. The van der Waals surface area contributed by atoms with Crippen LogP contribution in [0.2, 0.25) is 0 Å². The Bertz CT molecular complexity index is 562. The normalized spacial score (nSPS) is 13.5. The monoisotopic (exact) mass is 253 g/mol. The van der Waals surface area contributed by atoms with E-state index in [-0.39, 0.29) is 0 Å². The van der Waals surface area contributed by atoms with Gasteiger partial charge in [0.05, 0.1) is 12.0 Å². The molecule has 19 heavy (non-hydrogen) atoms. The van der Waals surface area contributed by atoms with Crippen LogP contribution < -0.4 is 0 Å². The molecule has 0 saturated carbocycles. The largest absolute Gasteiger partial charge is 0.481 e. The van der Waals surface area contributed by atoms with Gasteiger partial charge in [0.25, 0.3) is 0 Å². The number of carbonyl (C=O) groups is 1. The summed E-state index contributed by atoms with van der Waals surface area (Å²) < 4.78 is 0. The second kappa shape index (κ2) is 6.97. The Morgan fingerprint density at radius 3 is 2.53 bits per heavy atom. The molecule has 0 spiro atoms. The summed E-state index contributed by atoms with van der Waals surface area (Å²) in [4.78, 5) is 11.2. The summed E-state index contributed by atoms with van der Waals surface area (Å²) in [6, 6.07) is 11.4. The summed E-state index contributed by atoms with van der Waals surface area (Å²) in [5, 5.41) is 18.0. The first-order chi connectivity index (χ1) is 9.08. The van der Waals surface area contributed by atoms with E-state index in [1.807, 2.05) is 36.4 Å². The minimum absolute atomic E-state index is 0.454. The van der Waals surface area contributed by atoms with Crippen molar-refractivity contribution >= 4 is 12.0 Å². The third-order valence-electron chi connectivity index (χ3n) is 2.55. The number of carboxylic acid groups (broad SMARTS) is 1. The van der Waals surface area contributed by atoms with Gasteiger partial charge < -0.3 is 5.11 Å². The van der Waals surface area contributed by atoms with E-state index in [2.05, 4.69) is 6.58 Å². The molecule has 0 amide bonds. The summed E-state index contributed by atoms with van der Waals surface area (Å²) in [7, 11) is 0. The van der Waals surface area contributed by atoms with Crippen LogP contribution in [0, 0.1) is 17.2 Å². The van der Waals surface area contributed by atoms with Crippen molar-refractivity contribution in [3.63, 3.8) is 0 Å². The fourth-order valence-corrected chi connectivity index (χ4v) is 1.62. The lowest BCUT2D eigenvalue weighted by Crippen LogP contribution is -2.12. The van der Waals surface area contributed by atoms with Gasteiger partial charge in [-0.3, -0.25) is 4.79 Å². The molecular formula is C16H15NO2. The van der Waals surface area contributed by atoms with Crippen molar-refractivity contribution in [2.75, 3.05) is 0 Å². The van der Waals surface area contributed by atoms with E-state index in [9.17, 15) is 9.90 Å². The molecule has 0 aromatic heterocycles. The van der Waals surface area contributed by atoms with Gasteiger partial charge >= 0.3 is 5.97 Å². The van der Waals surface area contributed by atoms with Gasteiger partial charge in [0.1, 0.15) is 0 Å². The summed E-state index contributed by atoms with van der Waals surface area (Å²) in [5.41, 5.74) is 1.87. The molecule has 3 heteroatoms. The van der Waals surface area contributed by atoms with Crippen molar-refractivity contribution in [1.82, 2.24) is 0 Å². The quantitative estimate of drug-likeness (QED) is 0.497. The van der Waals surface area contributed by atoms with Gasteiger partial charge in [-0.25, -0.2) is 0 Å². The lowest BCUT2D eigenvalue weighted by molar-refractivity contribution is -0.138. The topological polar surface area (TPSA) is 61.1 Å². The van der Waals surface area contributed by atoms with Crippen LogP contribution in [0.1, 0.15) is 12.5 Å². The molecule has 1 atom stereocenters. The van der Waals surface area contributed by atoms with Gasteiger partial charge in [-0.15, -0.1) is 6.58 Å². The highest BCUT2D eigenvalue weighted by molar-refractivity contribution is 5.79. The summed E-state index contributed by atoms with van der Waals surface area (Å²) in [6.07, 6.45) is 4.69. The Morgan fingerprint density at radius 1 is 1.42 bits per heavy atom. The number of aliphatic carboxylic acids is 1. The Balaban J connectivity index is 3.28. The zero-order valence-electron chi connectivity index (χ0n) is 10.7. The Morgan fingerprint density at radius 2 is 2.05 bits per heavy atom. The smallest absolute Gasteiger partial charge is 0.314 e. The van der Waals surface area contributed by atoms with E-state index in [1.165, 1.54) is 6.08 Å². The minimum atomic E-state index is -0.987. The maximum absolute atomic E-state index is 11.2. The molecule has 0 fully saturated rings. The molecule has 1 unspecified atom stereocenters. The number of nitrogens with zero attached hydrogens (tertiary/aromatic N) is 1. The third-order valence-corrected chi connectivity index (χ3v) is 2.55. The number of allylic oxidation sites excluding steroid dienone is 2. The van der Waals surface area contributed by atoms with Crippen LogP contribution in [0.15, 0.2) is 60.2 Å². The van der Waals surface area contributed by atoms with E-state index in [0.29, 0.717) is 11.1 Å². The third kappa shape index (κ3) is 4.29. The van der Waals surface area contributed by atoms with E-state index >= 15 is 0 Å². The standard InChI is InChI=1S/C16H15NO2/c1-3-15(16(18)19)14(9-12(2)11-17)10-13-7-5-4-6-8-13/h3-10,15H,1H2,2H3,(H,18,19). The SMILES string of the molecule is C=CC(C(=O)O)C(C=C(C)C#N)=Cc1ccccc1. The number of benzene rings is 1. The second-order valence-electron chi connectivity index (χ2n) is 4.05. The van der Waals surface area contributed by atoms with E-state index in [4.69, 9.17) is 5.26 Å².